The first-order valence-corrected chi connectivity index (χ1v) is 4.73. The van der Waals surface area contributed by atoms with Crippen LogP contribution in [-0.4, -0.2) is 22.0 Å². The van der Waals surface area contributed by atoms with Gasteiger partial charge in [0.15, 0.2) is 0 Å². The maximum absolute atomic E-state index is 4.25. The summed E-state index contributed by atoms with van der Waals surface area (Å²) in [6.45, 7) is 0.736. The summed E-state index contributed by atoms with van der Waals surface area (Å²) in [7, 11) is 1.97. The van der Waals surface area contributed by atoms with Crippen molar-refractivity contribution in [2.75, 3.05) is 11.9 Å². The lowest BCUT2D eigenvalue weighted by Crippen LogP contribution is -2.18. The molecule has 0 atom stereocenters. The number of nitrogens with zero attached hydrogens (tertiary/aromatic N) is 4. The minimum absolute atomic E-state index is 0.736. The van der Waals surface area contributed by atoms with Crippen LogP contribution in [0.5, 0.6) is 0 Å². The summed E-state index contributed by atoms with van der Waals surface area (Å²) in [5.74, 6) is 0.850. The molecule has 0 aliphatic rings. The van der Waals surface area contributed by atoms with Crippen molar-refractivity contribution in [1.82, 2.24) is 15.0 Å². The third-order valence-corrected chi connectivity index (χ3v) is 2.07. The van der Waals surface area contributed by atoms with Gasteiger partial charge in [-0.25, -0.2) is 4.98 Å². The SMILES string of the molecule is CN(Cc1ccccn1)c1cnccn1. The minimum atomic E-state index is 0.736. The van der Waals surface area contributed by atoms with E-state index in [2.05, 4.69) is 15.0 Å². The van der Waals surface area contributed by atoms with Crippen LogP contribution in [0.2, 0.25) is 0 Å². The van der Waals surface area contributed by atoms with Crippen LogP contribution < -0.4 is 4.90 Å². The van der Waals surface area contributed by atoms with Crippen molar-refractivity contribution in [3.8, 4) is 0 Å². The van der Waals surface area contributed by atoms with Gasteiger partial charge in [-0.15, -0.1) is 0 Å². The minimum Gasteiger partial charge on any atom is -0.353 e. The highest BCUT2D eigenvalue weighted by molar-refractivity contribution is 5.34. The van der Waals surface area contributed by atoms with E-state index < -0.39 is 0 Å². The molecule has 2 aromatic heterocycles. The fourth-order valence-corrected chi connectivity index (χ4v) is 1.30. The normalized spacial score (nSPS) is 9.93. The molecule has 0 aliphatic carbocycles. The van der Waals surface area contributed by atoms with E-state index in [1.54, 1.807) is 24.8 Å². The standard InChI is InChI=1S/C11H12N4/c1-15(11-8-12-6-7-14-11)9-10-4-2-3-5-13-10/h2-8H,9H2,1H3. The van der Waals surface area contributed by atoms with Crippen molar-refractivity contribution >= 4 is 5.82 Å². The number of aromatic nitrogens is 3. The lowest BCUT2D eigenvalue weighted by Gasteiger charge is -2.16. The van der Waals surface area contributed by atoms with E-state index in [0.29, 0.717) is 0 Å². The zero-order valence-corrected chi connectivity index (χ0v) is 8.54. The topological polar surface area (TPSA) is 41.9 Å². The molecule has 0 bridgehead atoms. The Bertz CT molecular complexity index is 401. The highest BCUT2D eigenvalue weighted by Crippen LogP contribution is 2.08. The molecule has 2 aromatic rings. The predicted molar refractivity (Wildman–Crippen MR) is 58.4 cm³/mol. The summed E-state index contributed by atoms with van der Waals surface area (Å²) in [4.78, 5) is 14.5. The molecule has 2 heterocycles. The quantitative estimate of drug-likeness (QED) is 0.753. The fourth-order valence-electron chi connectivity index (χ4n) is 1.30. The first-order chi connectivity index (χ1) is 7.36. The highest BCUT2D eigenvalue weighted by atomic mass is 15.2. The van der Waals surface area contributed by atoms with E-state index in [9.17, 15) is 0 Å². The monoisotopic (exact) mass is 200 g/mol. The predicted octanol–water partition coefficient (Wildman–Crippen LogP) is 1.51. The van der Waals surface area contributed by atoms with E-state index in [4.69, 9.17) is 0 Å². The van der Waals surface area contributed by atoms with E-state index >= 15 is 0 Å². The van der Waals surface area contributed by atoms with Gasteiger partial charge in [0.1, 0.15) is 5.82 Å². The molecule has 4 heteroatoms. The summed E-state index contributed by atoms with van der Waals surface area (Å²) in [5, 5.41) is 0. The number of rotatable bonds is 3. The summed E-state index contributed by atoms with van der Waals surface area (Å²) in [5.41, 5.74) is 1.02. The first kappa shape index (κ1) is 9.58. The third-order valence-electron chi connectivity index (χ3n) is 2.07. The summed E-state index contributed by atoms with van der Waals surface area (Å²) in [6.07, 6.45) is 6.88. The van der Waals surface area contributed by atoms with Crippen molar-refractivity contribution < 1.29 is 0 Å². The molecule has 15 heavy (non-hydrogen) atoms. The Morgan fingerprint density at radius 1 is 1.13 bits per heavy atom. The Morgan fingerprint density at radius 2 is 2.07 bits per heavy atom. The van der Waals surface area contributed by atoms with Crippen molar-refractivity contribution in [3.63, 3.8) is 0 Å². The zero-order chi connectivity index (χ0) is 10.5. The lowest BCUT2D eigenvalue weighted by molar-refractivity contribution is 0.860. The summed E-state index contributed by atoms with van der Waals surface area (Å²) < 4.78 is 0. The van der Waals surface area contributed by atoms with Gasteiger partial charge in [0, 0.05) is 25.6 Å². The molecule has 0 saturated carbocycles. The molecule has 0 fully saturated rings. The second-order valence-electron chi connectivity index (χ2n) is 3.24. The van der Waals surface area contributed by atoms with E-state index in [1.165, 1.54) is 0 Å². The van der Waals surface area contributed by atoms with Gasteiger partial charge >= 0.3 is 0 Å². The first-order valence-electron chi connectivity index (χ1n) is 4.73. The maximum atomic E-state index is 4.25. The van der Waals surface area contributed by atoms with Crippen molar-refractivity contribution in [3.05, 3.63) is 48.7 Å². The molecular weight excluding hydrogens is 188 g/mol. The Labute approximate surface area is 88.6 Å². The van der Waals surface area contributed by atoms with E-state index in [-0.39, 0.29) is 0 Å². The average molecular weight is 200 g/mol. The van der Waals surface area contributed by atoms with Crippen LogP contribution in [0.25, 0.3) is 0 Å². The number of anilines is 1. The van der Waals surface area contributed by atoms with Crippen LogP contribution in [0.4, 0.5) is 5.82 Å². The summed E-state index contributed by atoms with van der Waals surface area (Å²) >= 11 is 0. The molecule has 0 radical (unpaired) electrons. The van der Waals surface area contributed by atoms with Crippen LogP contribution >= 0.6 is 0 Å². The Kier molecular flexibility index (Phi) is 2.88. The molecule has 0 N–H and O–H groups in total. The molecule has 0 unspecified atom stereocenters. The molecule has 0 aliphatic heterocycles. The van der Waals surface area contributed by atoms with E-state index in [0.717, 1.165) is 18.1 Å². The molecule has 0 spiro atoms. The fraction of sp³-hybridized carbons (Fsp3) is 0.182. The van der Waals surface area contributed by atoms with Crippen LogP contribution in [0.3, 0.4) is 0 Å². The number of hydrogen-bond acceptors (Lipinski definition) is 4. The summed E-state index contributed by atoms with van der Waals surface area (Å²) in [6, 6.07) is 5.88. The van der Waals surface area contributed by atoms with Crippen LogP contribution in [-0.2, 0) is 6.54 Å². The number of pyridine rings is 1. The van der Waals surface area contributed by atoms with Gasteiger partial charge < -0.3 is 4.90 Å². The molecule has 0 aromatic carbocycles. The van der Waals surface area contributed by atoms with Gasteiger partial charge in [0.2, 0.25) is 0 Å². The zero-order valence-electron chi connectivity index (χ0n) is 8.54. The highest BCUT2D eigenvalue weighted by Gasteiger charge is 2.02. The smallest absolute Gasteiger partial charge is 0.147 e. The molecule has 0 saturated heterocycles. The van der Waals surface area contributed by atoms with Crippen molar-refractivity contribution in [2.45, 2.75) is 6.54 Å². The molecule has 76 valence electrons. The van der Waals surface area contributed by atoms with Gasteiger partial charge in [-0.3, -0.25) is 9.97 Å². The van der Waals surface area contributed by atoms with Crippen molar-refractivity contribution in [2.24, 2.45) is 0 Å². The van der Waals surface area contributed by atoms with Crippen molar-refractivity contribution in [1.29, 1.82) is 0 Å². The van der Waals surface area contributed by atoms with Crippen LogP contribution in [0.15, 0.2) is 43.0 Å². The molecular formula is C11H12N4. The Balaban J connectivity index is 2.08. The second kappa shape index (κ2) is 4.50. The number of hydrogen-bond donors (Lipinski definition) is 0. The van der Waals surface area contributed by atoms with Gasteiger partial charge in [-0.05, 0) is 12.1 Å². The van der Waals surface area contributed by atoms with Crippen LogP contribution in [0, 0.1) is 0 Å². The van der Waals surface area contributed by atoms with E-state index in [1.807, 2.05) is 30.1 Å². The Hall–Kier alpha value is -1.97. The average Bonchev–Trinajstić information content (AvgIpc) is 2.31. The van der Waals surface area contributed by atoms with Gasteiger partial charge in [0.25, 0.3) is 0 Å². The lowest BCUT2D eigenvalue weighted by atomic mass is 10.3. The van der Waals surface area contributed by atoms with Gasteiger partial charge in [-0.2, -0.15) is 0 Å². The van der Waals surface area contributed by atoms with Crippen LogP contribution in [0.1, 0.15) is 5.69 Å². The van der Waals surface area contributed by atoms with Gasteiger partial charge in [0.05, 0.1) is 18.4 Å². The van der Waals surface area contributed by atoms with Gasteiger partial charge in [-0.1, -0.05) is 6.07 Å². The maximum Gasteiger partial charge on any atom is 0.147 e. The third kappa shape index (κ3) is 2.49. The largest absolute Gasteiger partial charge is 0.353 e. The molecule has 4 nitrogen and oxygen atoms in total. The molecule has 2 rings (SSSR count). The Morgan fingerprint density at radius 3 is 2.73 bits per heavy atom. The second-order valence-corrected chi connectivity index (χ2v) is 3.24. The molecule has 0 amide bonds.